The largest absolute Gasteiger partial charge is 0.468 e. The second-order valence-electron chi connectivity index (χ2n) is 3.36. The van der Waals surface area contributed by atoms with Crippen LogP contribution in [0.15, 0.2) is 12.4 Å². The molecule has 0 amide bonds. The van der Waals surface area contributed by atoms with Crippen molar-refractivity contribution in [2.24, 2.45) is 0 Å². The number of alkyl halides is 1. The minimum Gasteiger partial charge on any atom is -0.468 e. The SMILES string of the molecule is COC(=O)C(Cl)CNCCn1ccnc1C. The highest BCUT2D eigenvalue weighted by molar-refractivity contribution is 6.30. The lowest BCUT2D eigenvalue weighted by atomic mass is 10.4. The second kappa shape index (κ2) is 6.50. The first-order valence-corrected chi connectivity index (χ1v) is 5.49. The first-order valence-electron chi connectivity index (χ1n) is 5.05. The summed E-state index contributed by atoms with van der Waals surface area (Å²) in [4.78, 5) is 15.1. The molecule has 0 aliphatic carbocycles. The molecule has 0 aliphatic rings. The van der Waals surface area contributed by atoms with E-state index >= 15 is 0 Å². The van der Waals surface area contributed by atoms with E-state index in [4.69, 9.17) is 11.6 Å². The molecule has 1 N–H and O–H groups in total. The molecular weight excluding hydrogens is 230 g/mol. The zero-order valence-electron chi connectivity index (χ0n) is 9.44. The van der Waals surface area contributed by atoms with Crippen molar-refractivity contribution in [3.8, 4) is 0 Å². The average molecular weight is 246 g/mol. The van der Waals surface area contributed by atoms with E-state index in [0.717, 1.165) is 18.9 Å². The van der Waals surface area contributed by atoms with Gasteiger partial charge in [0.2, 0.25) is 0 Å². The highest BCUT2D eigenvalue weighted by atomic mass is 35.5. The number of aryl methyl sites for hydroxylation is 1. The molecule has 0 radical (unpaired) electrons. The minimum atomic E-state index is -0.631. The number of carbonyl (C=O) groups is 1. The van der Waals surface area contributed by atoms with Gasteiger partial charge >= 0.3 is 5.97 Å². The van der Waals surface area contributed by atoms with Crippen molar-refractivity contribution >= 4 is 17.6 Å². The topological polar surface area (TPSA) is 56.1 Å². The van der Waals surface area contributed by atoms with Crippen LogP contribution in [0.1, 0.15) is 5.82 Å². The maximum absolute atomic E-state index is 11.0. The van der Waals surface area contributed by atoms with Gasteiger partial charge in [-0.1, -0.05) is 0 Å². The second-order valence-corrected chi connectivity index (χ2v) is 3.89. The van der Waals surface area contributed by atoms with Crippen LogP contribution in [0.4, 0.5) is 0 Å². The minimum absolute atomic E-state index is 0.405. The quantitative estimate of drug-likeness (QED) is 0.452. The van der Waals surface area contributed by atoms with Gasteiger partial charge in [0.15, 0.2) is 0 Å². The fourth-order valence-corrected chi connectivity index (χ4v) is 1.48. The number of hydrogen-bond acceptors (Lipinski definition) is 4. The summed E-state index contributed by atoms with van der Waals surface area (Å²) in [5.41, 5.74) is 0. The number of ether oxygens (including phenoxy) is 1. The van der Waals surface area contributed by atoms with Crippen LogP contribution in [0.2, 0.25) is 0 Å². The Balaban J connectivity index is 2.17. The van der Waals surface area contributed by atoms with Gasteiger partial charge in [-0.05, 0) is 6.92 Å². The third-order valence-electron chi connectivity index (χ3n) is 2.23. The molecule has 0 saturated heterocycles. The predicted octanol–water partition coefficient (Wildman–Crippen LogP) is 0.562. The molecule has 0 bridgehead atoms. The molecule has 1 aromatic heterocycles. The lowest BCUT2D eigenvalue weighted by molar-refractivity contribution is -0.140. The van der Waals surface area contributed by atoms with Crippen LogP contribution in [-0.4, -0.2) is 41.1 Å². The Bertz CT molecular complexity index is 341. The van der Waals surface area contributed by atoms with Crippen molar-refractivity contribution in [3.63, 3.8) is 0 Å². The molecule has 0 saturated carbocycles. The molecule has 1 aromatic rings. The monoisotopic (exact) mass is 245 g/mol. The van der Waals surface area contributed by atoms with Gasteiger partial charge in [-0.15, -0.1) is 11.6 Å². The number of carbonyl (C=O) groups excluding carboxylic acids is 1. The van der Waals surface area contributed by atoms with Crippen LogP contribution in [0.5, 0.6) is 0 Å². The van der Waals surface area contributed by atoms with Crippen LogP contribution in [0, 0.1) is 6.92 Å². The van der Waals surface area contributed by atoms with Gasteiger partial charge < -0.3 is 14.6 Å². The molecule has 1 rings (SSSR count). The van der Waals surface area contributed by atoms with Crippen LogP contribution < -0.4 is 5.32 Å². The van der Waals surface area contributed by atoms with Gasteiger partial charge in [-0.3, -0.25) is 4.79 Å². The van der Waals surface area contributed by atoms with Gasteiger partial charge in [0.1, 0.15) is 11.2 Å². The van der Waals surface area contributed by atoms with Crippen molar-refractivity contribution in [2.45, 2.75) is 18.8 Å². The zero-order valence-corrected chi connectivity index (χ0v) is 10.2. The molecule has 6 heteroatoms. The van der Waals surface area contributed by atoms with Crippen molar-refractivity contribution < 1.29 is 9.53 Å². The number of rotatable bonds is 6. The van der Waals surface area contributed by atoms with Crippen molar-refractivity contribution in [2.75, 3.05) is 20.2 Å². The molecule has 1 heterocycles. The van der Waals surface area contributed by atoms with E-state index in [1.165, 1.54) is 7.11 Å². The van der Waals surface area contributed by atoms with Gasteiger partial charge in [-0.25, -0.2) is 4.98 Å². The molecular formula is C10H16ClN3O2. The highest BCUT2D eigenvalue weighted by Gasteiger charge is 2.14. The summed E-state index contributed by atoms with van der Waals surface area (Å²) in [6.07, 6.45) is 3.67. The maximum atomic E-state index is 11.0. The summed E-state index contributed by atoms with van der Waals surface area (Å²) >= 11 is 5.77. The number of methoxy groups -OCH3 is 1. The van der Waals surface area contributed by atoms with Gasteiger partial charge in [-0.2, -0.15) is 0 Å². The van der Waals surface area contributed by atoms with E-state index in [2.05, 4.69) is 15.0 Å². The summed E-state index contributed by atoms with van der Waals surface area (Å²) in [6, 6.07) is 0. The fourth-order valence-electron chi connectivity index (χ4n) is 1.28. The lowest BCUT2D eigenvalue weighted by Crippen LogP contribution is -2.32. The fraction of sp³-hybridized carbons (Fsp3) is 0.600. The van der Waals surface area contributed by atoms with E-state index in [-0.39, 0.29) is 0 Å². The number of aromatic nitrogens is 2. The van der Waals surface area contributed by atoms with Crippen LogP contribution >= 0.6 is 11.6 Å². The Kier molecular flexibility index (Phi) is 5.28. The Hall–Kier alpha value is -1.07. The van der Waals surface area contributed by atoms with Crippen molar-refractivity contribution in [3.05, 3.63) is 18.2 Å². The number of nitrogens with zero attached hydrogens (tertiary/aromatic N) is 2. The molecule has 0 spiro atoms. The van der Waals surface area contributed by atoms with E-state index in [1.54, 1.807) is 6.20 Å². The summed E-state index contributed by atoms with van der Waals surface area (Å²) in [5.74, 6) is 0.560. The van der Waals surface area contributed by atoms with E-state index in [0.29, 0.717) is 6.54 Å². The molecule has 0 aromatic carbocycles. The standard InChI is InChI=1S/C10H16ClN3O2/c1-8-13-4-6-14(8)5-3-12-7-9(11)10(15)16-2/h4,6,9,12H,3,5,7H2,1-2H3. The molecule has 16 heavy (non-hydrogen) atoms. The Morgan fingerprint density at radius 3 is 3.06 bits per heavy atom. The number of imidazole rings is 1. The van der Waals surface area contributed by atoms with Crippen LogP contribution in [-0.2, 0) is 16.1 Å². The maximum Gasteiger partial charge on any atom is 0.325 e. The molecule has 90 valence electrons. The average Bonchev–Trinajstić information content (AvgIpc) is 2.69. The molecule has 1 unspecified atom stereocenters. The van der Waals surface area contributed by atoms with Crippen molar-refractivity contribution in [1.82, 2.24) is 14.9 Å². The smallest absolute Gasteiger partial charge is 0.325 e. The Labute approximate surface area is 99.8 Å². The third-order valence-corrected chi connectivity index (χ3v) is 2.57. The van der Waals surface area contributed by atoms with Crippen molar-refractivity contribution in [1.29, 1.82) is 0 Å². The Morgan fingerprint density at radius 1 is 1.75 bits per heavy atom. The normalized spacial score (nSPS) is 12.4. The molecule has 1 atom stereocenters. The number of esters is 1. The summed E-state index contributed by atoms with van der Waals surface area (Å²) in [6.45, 7) is 3.88. The molecule has 0 aliphatic heterocycles. The van der Waals surface area contributed by atoms with E-state index in [1.807, 2.05) is 17.7 Å². The summed E-state index contributed by atoms with van der Waals surface area (Å²) < 4.78 is 6.53. The lowest BCUT2D eigenvalue weighted by Gasteiger charge is -2.09. The molecule has 0 fully saturated rings. The number of halogens is 1. The van der Waals surface area contributed by atoms with E-state index in [9.17, 15) is 4.79 Å². The molecule has 5 nitrogen and oxygen atoms in total. The van der Waals surface area contributed by atoms with E-state index < -0.39 is 11.3 Å². The number of hydrogen-bond donors (Lipinski definition) is 1. The highest BCUT2D eigenvalue weighted by Crippen LogP contribution is 1.97. The van der Waals surface area contributed by atoms with Gasteiger partial charge in [0.25, 0.3) is 0 Å². The van der Waals surface area contributed by atoms with Gasteiger partial charge in [0.05, 0.1) is 7.11 Å². The van der Waals surface area contributed by atoms with Crippen LogP contribution in [0.3, 0.4) is 0 Å². The zero-order chi connectivity index (χ0) is 12.0. The Morgan fingerprint density at radius 2 is 2.50 bits per heavy atom. The van der Waals surface area contributed by atoms with Crippen LogP contribution in [0.25, 0.3) is 0 Å². The summed E-state index contributed by atoms with van der Waals surface area (Å²) in [7, 11) is 1.33. The first-order chi connectivity index (χ1) is 7.65. The number of nitrogens with one attached hydrogen (secondary N) is 1. The predicted molar refractivity (Wildman–Crippen MR) is 61.5 cm³/mol. The third kappa shape index (κ3) is 3.83. The van der Waals surface area contributed by atoms with Gasteiger partial charge in [0, 0.05) is 32.0 Å². The first kappa shape index (κ1) is 13.0. The summed E-state index contributed by atoms with van der Waals surface area (Å²) in [5, 5.41) is 2.45.